The lowest BCUT2D eigenvalue weighted by molar-refractivity contribution is -0.131. The Labute approximate surface area is 90.3 Å². The van der Waals surface area contributed by atoms with Crippen molar-refractivity contribution >= 4 is 11.5 Å². The predicted octanol–water partition coefficient (Wildman–Crippen LogP) is 3.18. The molecule has 0 saturated heterocycles. The molecule has 0 aliphatic heterocycles. The number of carbonyl (C=O) groups is 1. The maximum atomic E-state index is 10.6. The zero-order valence-electron chi connectivity index (χ0n) is 9.37. The number of aliphatic carboxylic acids is 1. The van der Waals surface area contributed by atoms with E-state index >= 15 is 0 Å². The lowest BCUT2D eigenvalue weighted by Gasteiger charge is -2.07. The van der Waals surface area contributed by atoms with Gasteiger partial charge in [-0.2, -0.15) is 0 Å². The summed E-state index contributed by atoms with van der Waals surface area (Å²) >= 11 is 0. The largest absolute Gasteiger partial charge is 0.478 e. The Kier molecular flexibility index (Phi) is 3.67. The molecule has 1 aromatic rings. The molecule has 0 aliphatic carbocycles. The predicted molar refractivity (Wildman–Crippen MR) is 61.8 cm³/mol. The average Bonchev–Trinajstić information content (AvgIpc) is 2.12. The van der Waals surface area contributed by atoms with Crippen LogP contribution in [0.25, 0.3) is 5.57 Å². The average molecular weight is 204 g/mol. The summed E-state index contributed by atoms with van der Waals surface area (Å²) in [5, 5.41) is 8.74. The molecule has 0 spiro atoms. The summed E-state index contributed by atoms with van der Waals surface area (Å²) < 4.78 is 0. The molecule has 15 heavy (non-hydrogen) atoms. The maximum Gasteiger partial charge on any atom is 0.328 e. The summed E-state index contributed by atoms with van der Waals surface area (Å²) in [5.41, 5.74) is 4.20. The van der Waals surface area contributed by atoms with Crippen LogP contribution in [-0.4, -0.2) is 11.1 Å². The Morgan fingerprint density at radius 3 is 2.20 bits per heavy atom. The molecule has 0 saturated carbocycles. The van der Waals surface area contributed by atoms with Gasteiger partial charge in [-0.1, -0.05) is 36.2 Å². The summed E-state index contributed by atoms with van der Waals surface area (Å²) in [6.45, 7) is 6.00. The van der Waals surface area contributed by atoms with Gasteiger partial charge in [0.25, 0.3) is 0 Å². The molecule has 0 amide bonds. The quantitative estimate of drug-likeness (QED) is 0.768. The summed E-state index contributed by atoms with van der Waals surface area (Å²) in [6.07, 6.45) is 2.02. The highest BCUT2D eigenvalue weighted by atomic mass is 16.4. The lowest BCUT2D eigenvalue weighted by Crippen LogP contribution is -1.93. The summed E-state index contributed by atoms with van der Waals surface area (Å²) in [5.74, 6) is -0.883. The van der Waals surface area contributed by atoms with Crippen molar-refractivity contribution in [1.29, 1.82) is 0 Å². The van der Waals surface area contributed by atoms with Crippen LogP contribution in [-0.2, 0) is 4.79 Å². The molecular weight excluding hydrogens is 188 g/mol. The molecule has 1 rings (SSSR count). The van der Waals surface area contributed by atoms with Crippen molar-refractivity contribution in [3.05, 3.63) is 41.0 Å². The third kappa shape index (κ3) is 3.24. The van der Waals surface area contributed by atoms with Crippen molar-refractivity contribution in [1.82, 2.24) is 0 Å². The summed E-state index contributed by atoms with van der Waals surface area (Å²) in [7, 11) is 0. The summed E-state index contributed by atoms with van der Waals surface area (Å²) in [4.78, 5) is 10.6. The van der Waals surface area contributed by atoms with E-state index in [-0.39, 0.29) is 0 Å². The number of allylic oxidation sites excluding steroid dienone is 1. The number of aryl methyl sites for hydroxylation is 2. The third-order valence-corrected chi connectivity index (χ3v) is 2.27. The van der Waals surface area contributed by atoms with Crippen LogP contribution in [0.15, 0.2) is 24.3 Å². The fourth-order valence-corrected chi connectivity index (χ4v) is 1.70. The number of rotatable bonds is 3. The van der Waals surface area contributed by atoms with Gasteiger partial charge in [0, 0.05) is 6.08 Å². The molecule has 2 nitrogen and oxygen atoms in total. The van der Waals surface area contributed by atoms with E-state index < -0.39 is 5.97 Å². The second kappa shape index (κ2) is 4.78. The molecule has 80 valence electrons. The van der Waals surface area contributed by atoms with Crippen LogP contribution < -0.4 is 0 Å². The number of benzene rings is 1. The topological polar surface area (TPSA) is 37.3 Å². The van der Waals surface area contributed by atoms with Crippen LogP contribution >= 0.6 is 0 Å². The zero-order valence-corrected chi connectivity index (χ0v) is 9.37. The molecule has 0 atom stereocenters. The minimum Gasteiger partial charge on any atom is -0.478 e. The van der Waals surface area contributed by atoms with Crippen molar-refractivity contribution in [2.45, 2.75) is 27.2 Å². The molecule has 1 N–H and O–H groups in total. The highest BCUT2D eigenvalue weighted by molar-refractivity contribution is 5.90. The normalized spacial score (nSPS) is 11.5. The van der Waals surface area contributed by atoms with Gasteiger partial charge in [0.15, 0.2) is 0 Å². The number of hydrogen-bond acceptors (Lipinski definition) is 1. The van der Waals surface area contributed by atoms with Crippen molar-refractivity contribution in [3.63, 3.8) is 0 Å². The Morgan fingerprint density at radius 1 is 1.27 bits per heavy atom. The van der Waals surface area contributed by atoms with Gasteiger partial charge in [-0.05, 0) is 31.4 Å². The third-order valence-electron chi connectivity index (χ3n) is 2.27. The molecule has 0 heterocycles. The van der Waals surface area contributed by atoms with Gasteiger partial charge in [0.2, 0.25) is 0 Å². The summed E-state index contributed by atoms with van der Waals surface area (Å²) in [6, 6.07) is 6.12. The number of carboxylic acids is 1. The first-order valence-electron chi connectivity index (χ1n) is 5.05. The molecule has 2 heteroatoms. The monoisotopic (exact) mass is 204 g/mol. The van der Waals surface area contributed by atoms with Crippen molar-refractivity contribution in [3.8, 4) is 0 Å². The molecule has 0 radical (unpaired) electrons. The molecule has 0 fully saturated rings. The van der Waals surface area contributed by atoms with Crippen LogP contribution in [0.3, 0.4) is 0 Å². The van der Waals surface area contributed by atoms with E-state index in [0.717, 1.165) is 28.7 Å². The molecule has 0 bridgehead atoms. The Bertz CT molecular complexity index is 383. The van der Waals surface area contributed by atoms with Crippen molar-refractivity contribution in [2.24, 2.45) is 0 Å². The zero-order chi connectivity index (χ0) is 11.4. The van der Waals surface area contributed by atoms with Gasteiger partial charge in [0.1, 0.15) is 0 Å². The van der Waals surface area contributed by atoms with Crippen molar-refractivity contribution in [2.75, 3.05) is 0 Å². The Hall–Kier alpha value is -1.57. The fourth-order valence-electron chi connectivity index (χ4n) is 1.70. The minimum absolute atomic E-state index is 0.731. The van der Waals surface area contributed by atoms with E-state index in [1.807, 2.05) is 32.9 Å². The van der Waals surface area contributed by atoms with E-state index in [1.165, 1.54) is 6.08 Å². The first-order valence-corrected chi connectivity index (χ1v) is 5.05. The Balaban J connectivity index is 3.18. The number of hydrogen-bond donors (Lipinski definition) is 1. The fraction of sp³-hybridized carbons (Fsp3) is 0.308. The van der Waals surface area contributed by atoms with Gasteiger partial charge in [-0.15, -0.1) is 0 Å². The van der Waals surface area contributed by atoms with Gasteiger partial charge >= 0.3 is 5.97 Å². The Morgan fingerprint density at radius 2 is 1.80 bits per heavy atom. The van der Waals surface area contributed by atoms with Crippen LogP contribution in [0.1, 0.15) is 30.0 Å². The van der Waals surface area contributed by atoms with Gasteiger partial charge in [0.05, 0.1) is 0 Å². The van der Waals surface area contributed by atoms with Crippen LogP contribution in [0.5, 0.6) is 0 Å². The smallest absolute Gasteiger partial charge is 0.328 e. The molecule has 1 aromatic carbocycles. The second-order valence-corrected chi connectivity index (χ2v) is 3.74. The SMILES string of the molecule is CC/C(=C\C(=O)O)c1cc(C)cc(C)c1. The van der Waals surface area contributed by atoms with E-state index in [1.54, 1.807) is 0 Å². The molecule has 0 unspecified atom stereocenters. The van der Waals surface area contributed by atoms with Gasteiger partial charge in [-0.3, -0.25) is 0 Å². The molecule has 0 aliphatic rings. The van der Waals surface area contributed by atoms with E-state index in [4.69, 9.17) is 5.11 Å². The molecule has 0 aromatic heterocycles. The highest BCUT2D eigenvalue weighted by Gasteiger charge is 2.03. The second-order valence-electron chi connectivity index (χ2n) is 3.74. The molecular formula is C13H16O2. The van der Waals surface area contributed by atoms with Crippen molar-refractivity contribution < 1.29 is 9.90 Å². The standard InChI is InChI=1S/C13H16O2/c1-4-11(8-13(14)15)12-6-9(2)5-10(3)7-12/h5-8H,4H2,1-3H3,(H,14,15)/b11-8+. The van der Waals surface area contributed by atoms with Gasteiger partial charge < -0.3 is 5.11 Å². The van der Waals surface area contributed by atoms with Crippen LogP contribution in [0.2, 0.25) is 0 Å². The van der Waals surface area contributed by atoms with Gasteiger partial charge in [-0.25, -0.2) is 4.79 Å². The lowest BCUT2D eigenvalue weighted by atomic mass is 9.99. The first kappa shape index (κ1) is 11.5. The first-order chi connectivity index (χ1) is 7.02. The van der Waals surface area contributed by atoms with E-state index in [0.29, 0.717) is 0 Å². The maximum absolute atomic E-state index is 10.6. The van der Waals surface area contributed by atoms with E-state index in [2.05, 4.69) is 6.07 Å². The number of carboxylic acid groups (broad SMARTS) is 1. The van der Waals surface area contributed by atoms with Crippen LogP contribution in [0.4, 0.5) is 0 Å². The highest BCUT2D eigenvalue weighted by Crippen LogP contribution is 2.20. The van der Waals surface area contributed by atoms with Crippen LogP contribution in [0, 0.1) is 13.8 Å². The minimum atomic E-state index is -0.883. The van der Waals surface area contributed by atoms with E-state index in [9.17, 15) is 4.79 Å².